The second-order valence-corrected chi connectivity index (χ2v) is 12.4. The fraction of sp³-hybridized carbons (Fsp3) is 0.435. The zero-order valence-corrected chi connectivity index (χ0v) is 20.9. The number of aryl methyl sites for hydroxylation is 3. The molecule has 0 spiro atoms. The molecular formula is C23H26N4O3S3. The second-order valence-electron chi connectivity index (χ2n) is 8.46. The first-order chi connectivity index (χ1) is 15.9. The Bertz CT molecular complexity index is 1280. The molecule has 0 atom stereocenters. The normalized spacial score (nSPS) is 17.3. The summed E-state index contributed by atoms with van der Waals surface area (Å²) in [7, 11) is -3.54. The summed E-state index contributed by atoms with van der Waals surface area (Å²) < 4.78 is 27.3. The first-order valence-electron chi connectivity index (χ1n) is 11.2. The van der Waals surface area contributed by atoms with E-state index in [1.807, 2.05) is 6.92 Å². The number of thiophene rings is 1. The van der Waals surface area contributed by atoms with Crippen LogP contribution in [0.5, 0.6) is 0 Å². The summed E-state index contributed by atoms with van der Waals surface area (Å²) in [6.45, 7) is 3.35. The standard InChI is InChI=1S/C23H26N4O3S3/c1-16-6-8-17(9-7-16)33(29,30)27-12-10-26(11-13-27)20(28)14-31-22-21-18-4-2-3-5-19(18)32-23(21)25-15-24-22/h6-9,15H,2-5,10-14H2,1H3. The number of sulfonamides is 1. The van der Waals surface area contributed by atoms with E-state index in [0.29, 0.717) is 36.8 Å². The van der Waals surface area contributed by atoms with Crippen LogP contribution >= 0.6 is 23.1 Å². The number of aromatic nitrogens is 2. The van der Waals surface area contributed by atoms with Gasteiger partial charge in [0.25, 0.3) is 0 Å². The molecule has 0 radical (unpaired) electrons. The van der Waals surface area contributed by atoms with Crippen molar-refractivity contribution in [2.45, 2.75) is 42.5 Å². The molecule has 0 bridgehead atoms. The van der Waals surface area contributed by atoms with E-state index < -0.39 is 10.0 Å². The predicted molar refractivity (Wildman–Crippen MR) is 131 cm³/mol. The van der Waals surface area contributed by atoms with Gasteiger partial charge in [0.1, 0.15) is 16.2 Å². The summed E-state index contributed by atoms with van der Waals surface area (Å²) in [5.41, 5.74) is 2.39. The van der Waals surface area contributed by atoms with Gasteiger partial charge in [-0.15, -0.1) is 11.3 Å². The smallest absolute Gasteiger partial charge is 0.243 e. The Morgan fingerprint density at radius 1 is 1.06 bits per heavy atom. The lowest BCUT2D eigenvalue weighted by atomic mass is 9.97. The van der Waals surface area contributed by atoms with Gasteiger partial charge in [-0.3, -0.25) is 4.79 Å². The average molecular weight is 503 g/mol. The molecule has 1 fully saturated rings. The maximum Gasteiger partial charge on any atom is 0.243 e. The predicted octanol–water partition coefficient (Wildman–Crippen LogP) is 3.50. The van der Waals surface area contributed by atoms with Gasteiger partial charge in [-0.2, -0.15) is 4.31 Å². The van der Waals surface area contributed by atoms with Gasteiger partial charge in [0.05, 0.1) is 10.6 Å². The van der Waals surface area contributed by atoms with Crippen molar-refractivity contribution in [1.29, 1.82) is 0 Å². The van der Waals surface area contributed by atoms with Crippen LogP contribution in [0.15, 0.2) is 40.5 Å². The van der Waals surface area contributed by atoms with Crippen molar-refractivity contribution in [2.24, 2.45) is 0 Å². The minimum Gasteiger partial charge on any atom is -0.339 e. The lowest BCUT2D eigenvalue weighted by Gasteiger charge is -2.34. The molecule has 0 saturated carbocycles. The molecule has 10 heteroatoms. The minimum absolute atomic E-state index is 0.0169. The molecule has 1 aliphatic heterocycles. The van der Waals surface area contributed by atoms with Crippen molar-refractivity contribution in [3.05, 3.63) is 46.6 Å². The van der Waals surface area contributed by atoms with Crippen molar-refractivity contribution in [3.63, 3.8) is 0 Å². The Kier molecular flexibility index (Phi) is 6.43. The fourth-order valence-corrected chi connectivity index (χ4v) is 8.07. The zero-order chi connectivity index (χ0) is 23.0. The quantitative estimate of drug-likeness (QED) is 0.392. The molecule has 0 unspecified atom stereocenters. The highest BCUT2D eigenvalue weighted by Gasteiger charge is 2.30. The molecule has 5 rings (SSSR count). The lowest BCUT2D eigenvalue weighted by Crippen LogP contribution is -2.50. The van der Waals surface area contributed by atoms with Gasteiger partial charge < -0.3 is 4.90 Å². The van der Waals surface area contributed by atoms with E-state index in [1.54, 1.807) is 46.8 Å². The largest absolute Gasteiger partial charge is 0.339 e. The number of hydrogen-bond acceptors (Lipinski definition) is 7. The topological polar surface area (TPSA) is 83.5 Å². The van der Waals surface area contributed by atoms with Gasteiger partial charge in [-0.1, -0.05) is 29.5 Å². The number of carbonyl (C=O) groups excluding carboxylic acids is 1. The van der Waals surface area contributed by atoms with E-state index in [-0.39, 0.29) is 5.91 Å². The molecule has 2 aliphatic rings. The number of benzene rings is 1. The Balaban J connectivity index is 1.22. The van der Waals surface area contributed by atoms with E-state index >= 15 is 0 Å². The molecule has 1 aromatic carbocycles. The van der Waals surface area contributed by atoms with Crippen molar-refractivity contribution in [2.75, 3.05) is 31.9 Å². The summed E-state index contributed by atoms with van der Waals surface area (Å²) in [5.74, 6) is 0.310. The van der Waals surface area contributed by atoms with Crippen LogP contribution in [0.25, 0.3) is 10.2 Å². The molecule has 1 aliphatic carbocycles. The first kappa shape index (κ1) is 22.8. The Labute approximate surface area is 202 Å². The van der Waals surface area contributed by atoms with E-state index in [0.717, 1.165) is 33.6 Å². The van der Waals surface area contributed by atoms with Gasteiger partial charge in [0.2, 0.25) is 15.9 Å². The van der Waals surface area contributed by atoms with Crippen LogP contribution in [0.4, 0.5) is 0 Å². The molecule has 33 heavy (non-hydrogen) atoms. The summed E-state index contributed by atoms with van der Waals surface area (Å²) in [6.07, 6.45) is 6.16. The SMILES string of the molecule is Cc1ccc(S(=O)(=O)N2CCN(C(=O)CSc3ncnc4sc5c(c34)CCCC5)CC2)cc1. The lowest BCUT2D eigenvalue weighted by molar-refractivity contribution is -0.129. The zero-order valence-electron chi connectivity index (χ0n) is 18.5. The highest BCUT2D eigenvalue weighted by molar-refractivity contribution is 8.00. The number of hydrogen-bond donors (Lipinski definition) is 0. The molecular weight excluding hydrogens is 476 g/mol. The van der Waals surface area contributed by atoms with Crippen LogP contribution in [0.2, 0.25) is 0 Å². The van der Waals surface area contributed by atoms with Crippen LogP contribution in [0.3, 0.4) is 0 Å². The van der Waals surface area contributed by atoms with Crippen LogP contribution in [0.1, 0.15) is 28.8 Å². The summed E-state index contributed by atoms with van der Waals surface area (Å²) in [6, 6.07) is 6.89. The number of rotatable bonds is 5. The molecule has 3 heterocycles. The van der Waals surface area contributed by atoms with Crippen LogP contribution < -0.4 is 0 Å². The maximum atomic E-state index is 12.9. The third-order valence-corrected chi connectivity index (χ3v) is 10.4. The van der Waals surface area contributed by atoms with Crippen LogP contribution in [-0.2, 0) is 27.7 Å². The van der Waals surface area contributed by atoms with Gasteiger partial charge in [-0.25, -0.2) is 18.4 Å². The number of piperazine rings is 1. The highest BCUT2D eigenvalue weighted by atomic mass is 32.2. The Morgan fingerprint density at radius 3 is 2.55 bits per heavy atom. The average Bonchev–Trinajstić information content (AvgIpc) is 3.22. The van der Waals surface area contributed by atoms with E-state index in [1.165, 1.54) is 39.3 Å². The van der Waals surface area contributed by atoms with Gasteiger partial charge in [0.15, 0.2) is 0 Å². The van der Waals surface area contributed by atoms with E-state index in [9.17, 15) is 13.2 Å². The number of nitrogens with zero attached hydrogens (tertiary/aromatic N) is 4. The van der Waals surface area contributed by atoms with Crippen LogP contribution in [-0.4, -0.2) is 65.4 Å². The van der Waals surface area contributed by atoms with Crippen molar-refractivity contribution >= 4 is 49.2 Å². The maximum absolute atomic E-state index is 12.9. The first-order valence-corrected chi connectivity index (χ1v) is 14.4. The van der Waals surface area contributed by atoms with Gasteiger partial charge in [0, 0.05) is 36.4 Å². The van der Waals surface area contributed by atoms with Crippen LogP contribution in [0, 0.1) is 6.92 Å². The third kappa shape index (κ3) is 4.53. The summed E-state index contributed by atoms with van der Waals surface area (Å²) in [4.78, 5) is 26.3. The molecule has 7 nitrogen and oxygen atoms in total. The van der Waals surface area contributed by atoms with Gasteiger partial charge >= 0.3 is 0 Å². The highest BCUT2D eigenvalue weighted by Crippen LogP contribution is 2.39. The molecule has 0 N–H and O–H groups in total. The Hall–Kier alpha value is -2.01. The number of thioether (sulfide) groups is 1. The number of fused-ring (bicyclic) bond motifs is 3. The Morgan fingerprint density at radius 2 is 1.79 bits per heavy atom. The monoisotopic (exact) mass is 502 g/mol. The van der Waals surface area contributed by atoms with E-state index in [2.05, 4.69) is 9.97 Å². The minimum atomic E-state index is -3.54. The molecule has 174 valence electrons. The summed E-state index contributed by atoms with van der Waals surface area (Å²) in [5, 5.41) is 2.01. The van der Waals surface area contributed by atoms with Crippen molar-refractivity contribution in [3.8, 4) is 0 Å². The van der Waals surface area contributed by atoms with Crippen molar-refractivity contribution < 1.29 is 13.2 Å². The van der Waals surface area contributed by atoms with Gasteiger partial charge in [-0.05, 0) is 50.3 Å². The molecule has 1 saturated heterocycles. The summed E-state index contributed by atoms with van der Waals surface area (Å²) >= 11 is 3.22. The second kappa shape index (κ2) is 9.32. The number of carbonyl (C=O) groups is 1. The number of amides is 1. The van der Waals surface area contributed by atoms with E-state index in [4.69, 9.17) is 0 Å². The fourth-order valence-electron chi connectivity index (χ4n) is 4.43. The molecule has 1 amide bonds. The molecule has 3 aromatic rings. The third-order valence-electron chi connectivity index (χ3n) is 6.30. The van der Waals surface area contributed by atoms with Crippen molar-refractivity contribution in [1.82, 2.24) is 19.2 Å². The molecule has 2 aromatic heterocycles.